The molecule has 2 bridgehead atoms. The Kier molecular flexibility index (Phi) is 8.84. The average molecular weight is 650 g/mol. The molecule has 10 nitrogen and oxygen atoms in total. The number of hydrogen-bond donors (Lipinski definition) is 4. The number of carbonyl (C=O) groups is 3. The fraction of sp³-hybridized carbons (Fsp3) is 0.844. The van der Waals surface area contributed by atoms with Crippen LogP contribution in [0.2, 0.25) is 0 Å². The van der Waals surface area contributed by atoms with Gasteiger partial charge in [-0.2, -0.15) is 11.8 Å². The monoisotopic (exact) mass is 649 g/mol. The number of nitrogens with zero attached hydrogens (tertiary/aromatic N) is 3. The Bertz CT molecular complexity index is 1180. The van der Waals surface area contributed by atoms with E-state index in [0.717, 1.165) is 19.4 Å². The van der Waals surface area contributed by atoms with E-state index in [1.54, 1.807) is 11.8 Å². The summed E-state index contributed by atoms with van der Waals surface area (Å²) in [7, 11) is 0. The molecular weight excluding hydrogens is 600 g/mol. The molecule has 5 heterocycles. The fourth-order valence-corrected chi connectivity index (χ4v) is 11.0. The van der Waals surface area contributed by atoms with Crippen molar-refractivity contribution in [2.45, 2.75) is 125 Å². The van der Waals surface area contributed by atoms with Gasteiger partial charge in [-0.15, -0.1) is 0 Å². The molecule has 45 heavy (non-hydrogen) atoms. The molecule has 2 saturated carbocycles. The first-order chi connectivity index (χ1) is 21.7. The molecule has 250 valence electrons. The minimum absolute atomic E-state index is 0.0131. The summed E-state index contributed by atoms with van der Waals surface area (Å²) in [5.74, 6) is -0.332. The Balaban J connectivity index is 1.26. The van der Waals surface area contributed by atoms with E-state index < -0.39 is 42.7 Å². The van der Waals surface area contributed by atoms with E-state index in [1.165, 1.54) is 6.08 Å². The van der Waals surface area contributed by atoms with Crippen molar-refractivity contribution in [2.75, 3.05) is 25.4 Å². The van der Waals surface area contributed by atoms with E-state index in [1.807, 2.05) is 9.80 Å². The quantitative estimate of drug-likeness (QED) is 0.347. The van der Waals surface area contributed by atoms with E-state index >= 15 is 8.78 Å². The lowest BCUT2D eigenvalue weighted by atomic mass is 9.72. The molecule has 4 N–H and O–H groups in total. The fourth-order valence-electron chi connectivity index (χ4n) is 9.61. The van der Waals surface area contributed by atoms with Crippen LogP contribution in [0.4, 0.5) is 13.6 Å². The molecule has 2 aliphatic carbocycles. The number of piperazine rings is 1. The number of rotatable bonds is 3. The van der Waals surface area contributed by atoms with Crippen LogP contribution in [0.25, 0.3) is 0 Å². The number of amides is 4. The molecule has 5 saturated heterocycles. The van der Waals surface area contributed by atoms with Crippen LogP contribution in [0.3, 0.4) is 0 Å². The highest BCUT2D eigenvalue weighted by molar-refractivity contribution is 8.00. The van der Waals surface area contributed by atoms with Gasteiger partial charge >= 0.3 is 6.03 Å². The van der Waals surface area contributed by atoms with Crippen LogP contribution in [0.5, 0.6) is 0 Å². The van der Waals surface area contributed by atoms with E-state index in [4.69, 9.17) is 0 Å². The average Bonchev–Trinajstić information content (AvgIpc) is 3.81. The highest BCUT2D eigenvalue weighted by atomic mass is 32.2. The molecule has 12 unspecified atom stereocenters. The highest BCUT2D eigenvalue weighted by Gasteiger charge is 2.60. The molecular formula is C32H49F2N7O3S. The minimum Gasteiger partial charge on any atom is -0.353 e. The van der Waals surface area contributed by atoms with E-state index in [0.29, 0.717) is 44.5 Å². The van der Waals surface area contributed by atoms with Crippen LogP contribution >= 0.6 is 11.8 Å². The second kappa shape index (κ2) is 12.6. The van der Waals surface area contributed by atoms with Crippen molar-refractivity contribution in [3.05, 3.63) is 12.7 Å². The van der Waals surface area contributed by atoms with Crippen LogP contribution in [-0.4, -0.2) is 124 Å². The Labute approximate surface area is 269 Å². The van der Waals surface area contributed by atoms with Gasteiger partial charge in [0.15, 0.2) is 0 Å². The zero-order valence-electron chi connectivity index (χ0n) is 26.4. The van der Waals surface area contributed by atoms with Gasteiger partial charge in [-0.05, 0) is 57.1 Å². The number of hydrogen-bond acceptors (Lipinski definition) is 7. The number of thioether (sulfide) groups is 1. The highest BCUT2D eigenvalue weighted by Crippen LogP contribution is 2.45. The molecule has 0 spiro atoms. The second-order valence-electron chi connectivity index (χ2n) is 14.6. The molecule has 0 radical (unpaired) electrons. The van der Waals surface area contributed by atoms with Crippen LogP contribution in [0.1, 0.15) is 58.8 Å². The van der Waals surface area contributed by atoms with Crippen molar-refractivity contribution in [3.8, 4) is 0 Å². The first-order valence-electron chi connectivity index (χ1n) is 17.1. The molecule has 4 amide bonds. The summed E-state index contributed by atoms with van der Waals surface area (Å²) in [6, 6.07) is -1.46. The number of halogens is 2. The van der Waals surface area contributed by atoms with Crippen molar-refractivity contribution >= 4 is 29.6 Å². The number of nitrogens with one attached hydrogen (secondary N) is 4. The maximum atomic E-state index is 16.6. The molecule has 5 aliphatic heterocycles. The third-order valence-corrected chi connectivity index (χ3v) is 13.1. The SMILES string of the molecule is C=CC(=O)N1CCN(C2NC(=O)N3C4NC(C(F)CC24)C2C(F)CCCC2NC(=O)CCSC2CCNC(C(C)C)C23)C2C[C@H]21. The van der Waals surface area contributed by atoms with Gasteiger partial charge in [0.25, 0.3) is 0 Å². The van der Waals surface area contributed by atoms with Gasteiger partial charge in [-0.3, -0.25) is 19.8 Å². The predicted octanol–water partition coefficient (Wildman–Crippen LogP) is 1.97. The van der Waals surface area contributed by atoms with Crippen LogP contribution < -0.4 is 21.3 Å². The molecule has 13 atom stereocenters. The van der Waals surface area contributed by atoms with Gasteiger partial charge in [0, 0.05) is 72.6 Å². The van der Waals surface area contributed by atoms with Crippen molar-refractivity contribution in [2.24, 2.45) is 17.8 Å². The number of piperidine rings is 2. The minimum atomic E-state index is -1.34. The lowest BCUT2D eigenvalue weighted by Crippen LogP contribution is -2.80. The van der Waals surface area contributed by atoms with Crippen molar-refractivity contribution in [3.63, 3.8) is 0 Å². The zero-order chi connectivity index (χ0) is 31.6. The van der Waals surface area contributed by atoms with Gasteiger partial charge < -0.3 is 25.8 Å². The number of urea groups is 1. The largest absolute Gasteiger partial charge is 0.353 e. The van der Waals surface area contributed by atoms with E-state index in [9.17, 15) is 14.4 Å². The number of carbonyl (C=O) groups excluding carboxylic acids is 3. The summed E-state index contributed by atoms with van der Waals surface area (Å²) in [5, 5.41) is 13.8. The molecule has 7 rings (SSSR count). The molecule has 7 aliphatic rings. The third kappa shape index (κ3) is 5.67. The Morgan fingerprint density at radius 1 is 1.04 bits per heavy atom. The molecule has 0 aromatic carbocycles. The lowest BCUT2D eigenvalue weighted by Gasteiger charge is -2.59. The summed E-state index contributed by atoms with van der Waals surface area (Å²) < 4.78 is 32.5. The first kappa shape index (κ1) is 31.6. The van der Waals surface area contributed by atoms with E-state index in [2.05, 4.69) is 46.6 Å². The number of alkyl halides is 2. The van der Waals surface area contributed by atoms with Gasteiger partial charge in [0.2, 0.25) is 11.8 Å². The summed E-state index contributed by atoms with van der Waals surface area (Å²) >= 11 is 1.75. The summed E-state index contributed by atoms with van der Waals surface area (Å²) in [6.45, 7) is 9.91. The third-order valence-electron chi connectivity index (χ3n) is 11.7. The normalized spacial score (nSPS) is 45.4. The van der Waals surface area contributed by atoms with Gasteiger partial charge in [-0.1, -0.05) is 20.4 Å². The van der Waals surface area contributed by atoms with Crippen LogP contribution in [-0.2, 0) is 9.59 Å². The first-order valence-corrected chi connectivity index (χ1v) is 18.2. The second-order valence-corrected chi connectivity index (χ2v) is 15.9. The van der Waals surface area contributed by atoms with Gasteiger partial charge in [0.1, 0.15) is 12.3 Å². The Hall–Kier alpha value is -1.96. The maximum absolute atomic E-state index is 16.6. The lowest BCUT2D eigenvalue weighted by molar-refractivity contribution is -0.130. The zero-order valence-corrected chi connectivity index (χ0v) is 27.2. The summed E-state index contributed by atoms with van der Waals surface area (Å²) in [6.07, 6.45) is 1.65. The van der Waals surface area contributed by atoms with Crippen molar-refractivity contribution < 1.29 is 23.2 Å². The predicted molar refractivity (Wildman–Crippen MR) is 169 cm³/mol. The summed E-state index contributed by atoms with van der Waals surface area (Å²) in [4.78, 5) is 46.2. The Morgan fingerprint density at radius 3 is 2.64 bits per heavy atom. The maximum Gasteiger partial charge on any atom is 0.320 e. The molecule has 0 aromatic rings. The smallest absolute Gasteiger partial charge is 0.320 e. The summed E-state index contributed by atoms with van der Waals surface area (Å²) in [5.41, 5.74) is 0. The number of fused-ring (bicyclic) bond motifs is 6. The van der Waals surface area contributed by atoms with Crippen LogP contribution in [0.15, 0.2) is 12.7 Å². The van der Waals surface area contributed by atoms with Crippen LogP contribution in [0, 0.1) is 17.8 Å². The van der Waals surface area contributed by atoms with Gasteiger partial charge in [-0.25, -0.2) is 13.6 Å². The standard InChI is InChI=1S/C32H49F2N7O3S/c1-4-25(43)39-11-12-40(22-15-21(22)39)30-17-14-19(34)28-26-18(33)6-5-7-20(26)36-24(42)9-13-45-23-8-10-35-27(16(2)3)29(23)41(31(17)37-28)32(44)38-30/h4,16-23,26-31,35,37H,1,5-15H2,2-3H3,(H,36,42)(H,38,44)/t17?,18?,19?,20?,21-,22?,23?,26?,27?,28?,29?,30?,31?/m1/s1. The molecule has 0 aromatic heterocycles. The van der Waals surface area contributed by atoms with Crippen molar-refractivity contribution in [1.29, 1.82) is 0 Å². The van der Waals surface area contributed by atoms with E-state index in [-0.39, 0.29) is 65.5 Å². The van der Waals surface area contributed by atoms with Crippen molar-refractivity contribution in [1.82, 2.24) is 36.0 Å². The topological polar surface area (TPSA) is 109 Å². The Morgan fingerprint density at radius 2 is 1.87 bits per heavy atom. The van der Waals surface area contributed by atoms with Gasteiger partial charge in [0.05, 0.1) is 18.4 Å². The molecule has 13 heteroatoms. The molecule has 7 fully saturated rings.